The summed E-state index contributed by atoms with van der Waals surface area (Å²) >= 11 is 3.17. The smallest absolute Gasteiger partial charge is 0.262 e. The standard InChI is InChI=1S/C13H9BrF2N2O2/c14-12-4-2-9(6-17-12)20-7-13(19)18-8-1-3-10(15)11(16)5-8/h1-6H,7H2,(H,18,19). The molecule has 2 rings (SSSR count). The van der Waals surface area contributed by atoms with Gasteiger partial charge in [0.15, 0.2) is 18.2 Å². The molecule has 0 bridgehead atoms. The number of rotatable bonds is 4. The van der Waals surface area contributed by atoms with Gasteiger partial charge in [-0.25, -0.2) is 13.8 Å². The van der Waals surface area contributed by atoms with Crippen LogP contribution in [-0.2, 0) is 4.79 Å². The molecule has 0 aliphatic carbocycles. The lowest BCUT2D eigenvalue weighted by Crippen LogP contribution is -2.20. The van der Waals surface area contributed by atoms with Crippen LogP contribution in [0.5, 0.6) is 5.75 Å². The molecule has 1 aromatic carbocycles. The fourth-order valence-corrected chi connectivity index (χ4v) is 1.60. The summed E-state index contributed by atoms with van der Waals surface area (Å²) in [5, 5.41) is 2.39. The number of anilines is 1. The summed E-state index contributed by atoms with van der Waals surface area (Å²) in [6, 6.07) is 6.40. The Morgan fingerprint density at radius 2 is 2.05 bits per heavy atom. The number of halogens is 3. The Balaban J connectivity index is 1.89. The summed E-state index contributed by atoms with van der Waals surface area (Å²) in [7, 11) is 0. The Kier molecular flexibility index (Phi) is 4.62. The fraction of sp³-hybridized carbons (Fsp3) is 0.0769. The SMILES string of the molecule is O=C(COc1ccc(Br)nc1)Nc1ccc(F)c(F)c1. The molecular weight excluding hydrogens is 334 g/mol. The Hall–Kier alpha value is -2.02. The summed E-state index contributed by atoms with van der Waals surface area (Å²) in [4.78, 5) is 15.5. The Bertz CT molecular complexity index is 620. The first-order valence-corrected chi connectivity index (χ1v) is 6.33. The van der Waals surface area contributed by atoms with Crippen LogP contribution in [0.25, 0.3) is 0 Å². The van der Waals surface area contributed by atoms with E-state index in [0.29, 0.717) is 10.4 Å². The first-order chi connectivity index (χ1) is 9.54. The van der Waals surface area contributed by atoms with Crippen molar-refractivity contribution < 1.29 is 18.3 Å². The zero-order chi connectivity index (χ0) is 14.5. The van der Waals surface area contributed by atoms with Gasteiger partial charge in [0.25, 0.3) is 5.91 Å². The average molecular weight is 343 g/mol. The van der Waals surface area contributed by atoms with Crippen molar-refractivity contribution in [3.8, 4) is 5.75 Å². The molecule has 0 radical (unpaired) electrons. The van der Waals surface area contributed by atoms with Crippen molar-refractivity contribution in [1.29, 1.82) is 0 Å². The van der Waals surface area contributed by atoms with E-state index < -0.39 is 17.5 Å². The monoisotopic (exact) mass is 342 g/mol. The molecule has 0 saturated carbocycles. The van der Waals surface area contributed by atoms with Crippen molar-refractivity contribution >= 4 is 27.5 Å². The quantitative estimate of drug-likeness (QED) is 0.868. The molecule has 0 aliphatic heterocycles. The Labute approximate surface area is 121 Å². The van der Waals surface area contributed by atoms with E-state index in [0.717, 1.165) is 12.1 Å². The highest BCUT2D eigenvalue weighted by atomic mass is 79.9. The van der Waals surface area contributed by atoms with Crippen LogP contribution in [0.15, 0.2) is 41.1 Å². The predicted molar refractivity (Wildman–Crippen MR) is 72.4 cm³/mol. The Morgan fingerprint density at radius 3 is 2.70 bits per heavy atom. The van der Waals surface area contributed by atoms with E-state index in [1.807, 2.05) is 0 Å². The van der Waals surface area contributed by atoms with E-state index in [4.69, 9.17) is 4.74 Å². The van der Waals surface area contributed by atoms with Gasteiger partial charge >= 0.3 is 0 Å². The molecule has 104 valence electrons. The number of carbonyl (C=O) groups is 1. The zero-order valence-electron chi connectivity index (χ0n) is 10.1. The van der Waals surface area contributed by atoms with Gasteiger partial charge in [-0.05, 0) is 40.2 Å². The van der Waals surface area contributed by atoms with Gasteiger partial charge in [-0.15, -0.1) is 0 Å². The third kappa shape index (κ3) is 3.99. The molecular formula is C13H9BrF2N2O2. The molecule has 1 heterocycles. The maximum Gasteiger partial charge on any atom is 0.262 e. The molecule has 0 aliphatic rings. The molecule has 1 aromatic heterocycles. The second-order valence-corrected chi connectivity index (χ2v) is 4.59. The Morgan fingerprint density at radius 1 is 1.25 bits per heavy atom. The number of amides is 1. The van der Waals surface area contributed by atoms with Crippen molar-refractivity contribution in [1.82, 2.24) is 4.98 Å². The third-order valence-electron chi connectivity index (χ3n) is 2.27. The first kappa shape index (κ1) is 14.4. The van der Waals surface area contributed by atoms with Gasteiger partial charge in [0.2, 0.25) is 0 Å². The molecule has 20 heavy (non-hydrogen) atoms. The van der Waals surface area contributed by atoms with Crippen LogP contribution in [-0.4, -0.2) is 17.5 Å². The summed E-state index contributed by atoms with van der Waals surface area (Å²) < 4.78 is 31.5. The van der Waals surface area contributed by atoms with Crippen molar-refractivity contribution in [3.63, 3.8) is 0 Å². The van der Waals surface area contributed by atoms with Crippen LogP contribution >= 0.6 is 15.9 Å². The second-order valence-electron chi connectivity index (χ2n) is 3.78. The lowest BCUT2D eigenvalue weighted by Gasteiger charge is -2.07. The molecule has 0 fully saturated rings. The molecule has 0 spiro atoms. The van der Waals surface area contributed by atoms with Crippen molar-refractivity contribution in [3.05, 3.63) is 52.8 Å². The molecule has 1 amide bonds. The number of benzene rings is 1. The van der Waals surface area contributed by atoms with E-state index in [1.54, 1.807) is 12.1 Å². The first-order valence-electron chi connectivity index (χ1n) is 5.54. The van der Waals surface area contributed by atoms with Gasteiger partial charge < -0.3 is 10.1 Å². The van der Waals surface area contributed by atoms with Crippen LogP contribution in [0.4, 0.5) is 14.5 Å². The fourth-order valence-electron chi connectivity index (χ4n) is 1.37. The summed E-state index contributed by atoms with van der Waals surface area (Å²) in [5.74, 6) is -2.06. The van der Waals surface area contributed by atoms with Gasteiger partial charge in [0.1, 0.15) is 10.4 Å². The highest BCUT2D eigenvalue weighted by molar-refractivity contribution is 9.10. The number of nitrogens with zero attached hydrogens (tertiary/aromatic N) is 1. The van der Waals surface area contributed by atoms with Gasteiger partial charge in [-0.3, -0.25) is 4.79 Å². The van der Waals surface area contributed by atoms with E-state index in [1.165, 1.54) is 12.3 Å². The lowest BCUT2D eigenvalue weighted by atomic mass is 10.3. The third-order valence-corrected chi connectivity index (χ3v) is 2.74. The topological polar surface area (TPSA) is 51.2 Å². The van der Waals surface area contributed by atoms with Gasteiger partial charge in [0.05, 0.1) is 6.20 Å². The van der Waals surface area contributed by atoms with Crippen LogP contribution in [0.2, 0.25) is 0 Å². The minimum Gasteiger partial charge on any atom is -0.482 e. The summed E-state index contributed by atoms with van der Waals surface area (Å²) in [6.45, 7) is -0.262. The summed E-state index contributed by atoms with van der Waals surface area (Å²) in [6.07, 6.45) is 1.45. The molecule has 7 heteroatoms. The molecule has 0 unspecified atom stereocenters. The second kappa shape index (κ2) is 6.42. The van der Waals surface area contributed by atoms with Gasteiger partial charge in [-0.1, -0.05) is 0 Å². The van der Waals surface area contributed by atoms with E-state index in [-0.39, 0.29) is 12.3 Å². The maximum absolute atomic E-state index is 12.9. The number of hydrogen-bond acceptors (Lipinski definition) is 3. The molecule has 1 N–H and O–H groups in total. The predicted octanol–water partition coefficient (Wildman–Crippen LogP) is 3.14. The van der Waals surface area contributed by atoms with Crippen molar-refractivity contribution in [2.45, 2.75) is 0 Å². The highest BCUT2D eigenvalue weighted by Gasteiger charge is 2.07. The largest absolute Gasteiger partial charge is 0.482 e. The minimum atomic E-state index is -1.03. The van der Waals surface area contributed by atoms with Crippen LogP contribution < -0.4 is 10.1 Å². The van der Waals surface area contributed by atoms with E-state index in [2.05, 4.69) is 26.2 Å². The summed E-state index contributed by atoms with van der Waals surface area (Å²) in [5.41, 5.74) is 0.159. The molecule has 2 aromatic rings. The number of hydrogen-bond donors (Lipinski definition) is 1. The maximum atomic E-state index is 12.9. The number of ether oxygens (including phenoxy) is 1. The van der Waals surface area contributed by atoms with Crippen LogP contribution in [0, 0.1) is 11.6 Å². The number of pyridine rings is 1. The van der Waals surface area contributed by atoms with E-state index in [9.17, 15) is 13.6 Å². The number of aromatic nitrogens is 1. The normalized spacial score (nSPS) is 10.2. The van der Waals surface area contributed by atoms with Gasteiger partial charge in [0, 0.05) is 11.8 Å². The lowest BCUT2D eigenvalue weighted by molar-refractivity contribution is -0.118. The van der Waals surface area contributed by atoms with E-state index >= 15 is 0 Å². The van der Waals surface area contributed by atoms with Crippen molar-refractivity contribution in [2.75, 3.05) is 11.9 Å². The minimum absolute atomic E-state index is 0.159. The molecule has 0 atom stereocenters. The zero-order valence-corrected chi connectivity index (χ0v) is 11.7. The number of carbonyl (C=O) groups excluding carboxylic acids is 1. The average Bonchev–Trinajstić information content (AvgIpc) is 2.42. The number of nitrogens with one attached hydrogen (secondary N) is 1. The van der Waals surface area contributed by atoms with Gasteiger partial charge in [-0.2, -0.15) is 0 Å². The van der Waals surface area contributed by atoms with Crippen LogP contribution in [0.3, 0.4) is 0 Å². The van der Waals surface area contributed by atoms with Crippen LogP contribution in [0.1, 0.15) is 0 Å². The van der Waals surface area contributed by atoms with Crippen molar-refractivity contribution in [2.24, 2.45) is 0 Å². The molecule has 4 nitrogen and oxygen atoms in total. The highest BCUT2D eigenvalue weighted by Crippen LogP contribution is 2.14. The molecule has 0 saturated heterocycles.